The molecule has 0 saturated heterocycles. The first-order valence-corrected chi connectivity index (χ1v) is 10.6. The minimum atomic E-state index is -0.553. The highest BCUT2D eigenvalue weighted by Crippen LogP contribution is 2.17. The summed E-state index contributed by atoms with van der Waals surface area (Å²) in [6, 6.07) is 13.1. The third-order valence-corrected chi connectivity index (χ3v) is 5.44. The standard InChI is InChI=1S/C25H34N2O3/c1-6-7-14-26-25(29)20(4)27(17-21-10-12-23(30-5)13-11-21)24(28)16-22-9-8-18(2)19(3)15-22/h8-13,15,20H,6-7,14,16-17H2,1-5H3,(H,26,29). The van der Waals surface area contributed by atoms with Gasteiger partial charge >= 0.3 is 0 Å². The maximum Gasteiger partial charge on any atom is 0.242 e. The van der Waals surface area contributed by atoms with Gasteiger partial charge in [0.05, 0.1) is 13.5 Å². The van der Waals surface area contributed by atoms with Crippen molar-refractivity contribution in [2.24, 2.45) is 0 Å². The van der Waals surface area contributed by atoms with Gasteiger partial charge in [-0.3, -0.25) is 9.59 Å². The number of ether oxygens (including phenoxy) is 1. The van der Waals surface area contributed by atoms with Gasteiger partial charge in [0, 0.05) is 13.1 Å². The Morgan fingerprint density at radius 3 is 2.30 bits per heavy atom. The zero-order chi connectivity index (χ0) is 22.1. The van der Waals surface area contributed by atoms with Gasteiger partial charge in [0.1, 0.15) is 11.8 Å². The summed E-state index contributed by atoms with van der Waals surface area (Å²) >= 11 is 0. The molecule has 0 saturated carbocycles. The van der Waals surface area contributed by atoms with Gasteiger partial charge in [-0.25, -0.2) is 0 Å². The lowest BCUT2D eigenvalue weighted by molar-refractivity contribution is -0.140. The van der Waals surface area contributed by atoms with Crippen LogP contribution in [0.3, 0.4) is 0 Å². The maximum atomic E-state index is 13.2. The van der Waals surface area contributed by atoms with E-state index in [0.717, 1.165) is 35.3 Å². The van der Waals surface area contributed by atoms with Crippen molar-refractivity contribution in [2.45, 2.75) is 59.5 Å². The van der Waals surface area contributed by atoms with E-state index in [2.05, 4.69) is 19.2 Å². The number of aryl methyl sites for hydroxylation is 2. The zero-order valence-corrected chi connectivity index (χ0v) is 18.8. The normalized spacial score (nSPS) is 11.6. The van der Waals surface area contributed by atoms with E-state index in [0.29, 0.717) is 13.1 Å². The molecule has 0 spiro atoms. The first-order chi connectivity index (χ1) is 14.3. The summed E-state index contributed by atoms with van der Waals surface area (Å²) in [4.78, 5) is 27.6. The van der Waals surface area contributed by atoms with E-state index in [1.54, 1.807) is 18.9 Å². The van der Waals surface area contributed by atoms with Crippen molar-refractivity contribution >= 4 is 11.8 Å². The molecule has 2 aromatic rings. The lowest BCUT2D eigenvalue weighted by atomic mass is 10.0. The van der Waals surface area contributed by atoms with E-state index in [4.69, 9.17) is 4.74 Å². The molecule has 0 aliphatic rings. The van der Waals surface area contributed by atoms with E-state index in [-0.39, 0.29) is 18.2 Å². The number of carbonyl (C=O) groups is 2. The minimum Gasteiger partial charge on any atom is -0.497 e. The second-order valence-electron chi connectivity index (χ2n) is 7.79. The average Bonchev–Trinajstić information content (AvgIpc) is 2.74. The quantitative estimate of drug-likeness (QED) is 0.598. The number of hydrogen-bond donors (Lipinski definition) is 1. The molecule has 0 fully saturated rings. The Morgan fingerprint density at radius 2 is 1.70 bits per heavy atom. The zero-order valence-electron chi connectivity index (χ0n) is 18.8. The highest BCUT2D eigenvalue weighted by Gasteiger charge is 2.26. The van der Waals surface area contributed by atoms with Crippen molar-refractivity contribution in [3.8, 4) is 5.75 Å². The fourth-order valence-corrected chi connectivity index (χ4v) is 3.24. The second-order valence-corrected chi connectivity index (χ2v) is 7.79. The molecule has 2 aromatic carbocycles. The van der Waals surface area contributed by atoms with Crippen molar-refractivity contribution in [1.29, 1.82) is 0 Å². The Hall–Kier alpha value is -2.82. The Labute approximate surface area is 180 Å². The molecule has 162 valence electrons. The van der Waals surface area contributed by atoms with Crippen LogP contribution in [0, 0.1) is 13.8 Å². The number of nitrogens with zero attached hydrogens (tertiary/aromatic N) is 1. The fraction of sp³-hybridized carbons (Fsp3) is 0.440. The average molecular weight is 411 g/mol. The van der Waals surface area contributed by atoms with Gasteiger partial charge in [0.15, 0.2) is 0 Å². The molecular weight excluding hydrogens is 376 g/mol. The van der Waals surface area contributed by atoms with Gasteiger partial charge in [-0.05, 0) is 61.6 Å². The molecule has 5 nitrogen and oxygen atoms in total. The predicted molar refractivity (Wildman–Crippen MR) is 121 cm³/mol. The number of hydrogen-bond acceptors (Lipinski definition) is 3. The third-order valence-electron chi connectivity index (χ3n) is 5.44. The summed E-state index contributed by atoms with van der Waals surface area (Å²) < 4.78 is 5.22. The molecule has 1 N–H and O–H groups in total. The number of nitrogens with one attached hydrogen (secondary N) is 1. The van der Waals surface area contributed by atoms with Crippen molar-refractivity contribution < 1.29 is 14.3 Å². The summed E-state index contributed by atoms with van der Waals surface area (Å²) in [5.74, 6) is 0.578. The molecule has 1 unspecified atom stereocenters. The molecule has 2 amide bonds. The number of carbonyl (C=O) groups excluding carboxylic acids is 2. The van der Waals surface area contributed by atoms with Crippen LogP contribution in [0.15, 0.2) is 42.5 Å². The van der Waals surface area contributed by atoms with Crippen LogP contribution < -0.4 is 10.1 Å². The molecule has 0 bridgehead atoms. The first-order valence-electron chi connectivity index (χ1n) is 10.6. The van der Waals surface area contributed by atoms with Crippen LogP contribution in [0.1, 0.15) is 48.9 Å². The molecular formula is C25H34N2O3. The van der Waals surface area contributed by atoms with E-state index in [1.807, 2.05) is 49.4 Å². The summed E-state index contributed by atoms with van der Waals surface area (Å²) in [7, 11) is 1.62. The molecule has 0 aliphatic heterocycles. The van der Waals surface area contributed by atoms with E-state index in [1.165, 1.54) is 5.56 Å². The molecule has 0 radical (unpaired) electrons. The molecule has 30 heavy (non-hydrogen) atoms. The van der Waals surface area contributed by atoms with E-state index >= 15 is 0 Å². The van der Waals surface area contributed by atoms with Crippen molar-refractivity contribution in [3.05, 3.63) is 64.7 Å². The van der Waals surface area contributed by atoms with Crippen molar-refractivity contribution in [3.63, 3.8) is 0 Å². The van der Waals surface area contributed by atoms with Crippen LogP contribution in [0.4, 0.5) is 0 Å². The Bertz CT molecular complexity index is 846. The van der Waals surface area contributed by atoms with Gasteiger partial charge < -0.3 is 15.0 Å². The summed E-state index contributed by atoms with van der Waals surface area (Å²) in [6.45, 7) is 8.97. The van der Waals surface area contributed by atoms with Crippen LogP contribution in [0.25, 0.3) is 0 Å². The van der Waals surface area contributed by atoms with Crippen LogP contribution in [0.5, 0.6) is 5.75 Å². The monoisotopic (exact) mass is 410 g/mol. The van der Waals surface area contributed by atoms with Gasteiger partial charge in [-0.1, -0.05) is 43.7 Å². The summed E-state index contributed by atoms with van der Waals surface area (Å²) in [6.07, 6.45) is 2.20. The van der Waals surface area contributed by atoms with Crippen LogP contribution in [-0.2, 0) is 22.6 Å². The van der Waals surface area contributed by atoms with Crippen LogP contribution >= 0.6 is 0 Å². The lowest BCUT2D eigenvalue weighted by Gasteiger charge is -2.29. The highest BCUT2D eigenvalue weighted by atomic mass is 16.5. The maximum absolute atomic E-state index is 13.2. The molecule has 2 rings (SSSR count). The fourth-order valence-electron chi connectivity index (χ4n) is 3.24. The molecule has 0 aliphatic carbocycles. The van der Waals surface area contributed by atoms with Gasteiger partial charge in [-0.15, -0.1) is 0 Å². The predicted octanol–water partition coefficient (Wildman–Crippen LogP) is 4.19. The van der Waals surface area contributed by atoms with Crippen molar-refractivity contribution in [2.75, 3.05) is 13.7 Å². The first kappa shape index (κ1) is 23.5. The number of benzene rings is 2. The number of unbranched alkanes of at least 4 members (excludes halogenated alkanes) is 1. The smallest absolute Gasteiger partial charge is 0.242 e. The van der Waals surface area contributed by atoms with Gasteiger partial charge in [-0.2, -0.15) is 0 Å². The van der Waals surface area contributed by atoms with Crippen LogP contribution in [-0.4, -0.2) is 36.4 Å². The van der Waals surface area contributed by atoms with Gasteiger partial charge in [0.25, 0.3) is 0 Å². The molecule has 1 atom stereocenters. The summed E-state index contributed by atoms with van der Waals surface area (Å²) in [5.41, 5.74) is 4.27. The topological polar surface area (TPSA) is 58.6 Å². The largest absolute Gasteiger partial charge is 0.497 e. The highest BCUT2D eigenvalue weighted by molar-refractivity contribution is 5.88. The minimum absolute atomic E-state index is 0.0628. The number of methoxy groups -OCH3 is 1. The lowest BCUT2D eigenvalue weighted by Crippen LogP contribution is -2.48. The second kappa shape index (κ2) is 11.4. The summed E-state index contributed by atoms with van der Waals surface area (Å²) in [5, 5.41) is 2.95. The van der Waals surface area contributed by atoms with E-state index in [9.17, 15) is 9.59 Å². The van der Waals surface area contributed by atoms with Crippen molar-refractivity contribution in [1.82, 2.24) is 10.2 Å². The van der Waals surface area contributed by atoms with E-state index < -0.39 is 6.04 Å². The number of rotatable bonds is 10. The molecule has 0 aromatic heterocycles. The Morgan fingerprint density at radius 1 is 1.03 bits per heavy atom. The Balaban J connectivity index is 2.20. The SMILES string of the molecule is CCCCNC(=O)C(C)N(Cc1ccc(OC)cc1)C(=O)Cc1ccc(C)c(C)c1. The van der Waals surface area contributed by atoms with Gasteiger partial charge in [0.2, 0.25) is 11.8 Å². The van der Waals surface area contributed by atoms with Crippen LogP contribution in [0.2, 0.25) is 0 Å². The molecule has 5 heteroatoms. The third kappa shape index (κ3) is 6.61. The Kier molecular flexibility index (Phi) is 8.90. The number of amides is 2. The molecule has 0 heterocycles.